The average Bonchev–Trinajstić information content (AvgIpc) is 3.29. The van der Waals surface area contributed by atoms with Gasteiger partial charge in [-0.1, -0.05) is 0 Å². The van der Waals surface area contributed by atoms with Crippen molar-refractivity contribution < 1.29 is 0 Å². The molecule has 0 aromatic carbocycles. The second-order valence-electron chi connectivity index (χ2n) is 5.79. The fourth-order valence-electron chi connectivity index (χ4n) is 3.02. The fourth-order valence-corrected chi connectivity index (χ4v) is 3.66. The minimum atomic E-state index is 0.482. The van der Waals surface area contributed by atoms with Crippen molar-refractivity contribution in [3.05, 3.63) is 47.1 Å². The van der Waals surface area contributed by atoms with Crippen molar-refractivity contribution in [3.63, 3.8) is 0 Å². The lowest BCUT2D eigenvalue weighted by Crippen LogP contribution is -2.32. The normalized spacial score (nSPS) is 16.7. The van der Waals surface area contributed by atoms with Crippen molar-refractivity contribution in [2.75, 3.05) is 13.1 Å². The van der Waals surface area contributed by atoms with Gasteiger partial charge in [-0.3, -0.25) is 14.9 Å². The highest BCUT2D eigenvalue weighted by molar-refractivity contribution is 7.09. The van der Waals surface area contributed by atoms with Gasteiger partial charge in [-0.2, -0.15) is 0 Å². The van der Waals surface area contributed by atoms with Gasteiger partial charge >= 0.3 is 0 Å². The largest absolute Gasteiger partial charge is 0.343 e. The van der Waals surface area contributed by atoms with Gasteiger partial charge < -0.3 is 4.98 Å². The molecular weight excluding hydrogens is 308 g/mol. The summed E-state index contributed by atoms with van der Waals surface area (Å²) in [6, 6.07) is 0. The Hall–Kier alpha value is -2.12. The van der Waals surface area contributed by atoms with E-state index in [9.17, 15) is 0 Å². The molecule has 0 radical (unpaired) electrons. The molecule has 1 saturated heterocycles. The number of piperidine rings is 1. The van der Waals surface area contributed by atoms with Crippen LogP contribution in [0.25, 0.3) is 11.5 Å². The molecular formula is C16H18N6S. The van der Waals surface area contributed by atoms with E-state index in [2.05, 4.69) is 24.8 Å². The SMILES string of the molecule is c1c[nH]c(-c2cncc(C3CCN(Cc4cncs4)CC3)n2)n1. The van der Waals surface area contributed by atoms with Crippen molar-refractivity contribution in [2.45, 2.75) is 25.3 Å². The quantitative estimate of drug-likeness (QED) is 0.798. The van der Waals surface area contributed by atoms with Gasteiger partial charge in [0.05, 0.1) is 17.4 Å². The Kier molecular flexibility index (Phi) is 4.12. The Morgan fingerprint density at radius 3 is 2.83 bits per heavy atom. The first-order chi connectivity index (χ1) is 11.4. The summed E-state index contributed by atoms with van der Waals surface area (Å²) in [4.78, 5) is 24.4. The molecule has 6 nitrogen and oxygen atoms in total. The molecule has 0 atom stereocenters. The van der Waals surface area contributed by atoms with Crippen LogP contribution in [-0.2, 0) is 6.54 Å². The van der Waals surface area contributed by atoms with Crippen LogP contribution >= 0.6 is 11.3 Å². The molecule has 1 N–H and O–H groups in total. The number of imidazole rings is 1. The summed E-state index contributed by atoms with van der Waals surface area (Å²) < 4.78 is 0. The second-order valence-corrected chi connectivity index (χ2v) is 6.76. The van der Waals surface area contributed by atoms with Crippen molar-refractivity contribution >= 4 is 11.3 Å². The van der Waals surface area contributed by atoms with Crippen molar-refractivity contribution in [1.29, 1.82) is 0 Å². The number of nitrogens with one attached hydrogen (secondary N) is 1. The first-order valence-corrected chi connectivity index (χ1v) is 8.68. The molecule has 7 heteroatoms. The second kappa shape index (κ2) is 6.55. The van der Waals surface area contributed by atoms with Gasteiger partial charge in [0.15, 0.2) is 5.82 Å². The summed E-state index contributed by atoms with van der Waals surface area (Å²) in [6.07, 6.45) is 11.4. The predicted molar refractivity (Wildman–Crippen MR) is 89.0 cm³/mol. The Morgan fingerprint density at radius 2 is 2.09 bits per heavy atom. The van der Waals surface area contributed by atoms with E-state index in [1.54, 1.807) is 23.7 Å². The zero-order valence-corrected chi connectivity index (χ0v) is 13.5. The van der Waals surface area contributed by atoms with E-state index in [0.29, 0.717) is 5.92 Å². The Bertz CT molecular complexity index is 732. The molecule has 4 heterocycles. The van der Waals surface area contributed by atoms with Crippen molar-refractivity contribution in [1.82, 2.24) is 29.8 Å². The van der Waals surface area contributed by atoms with E-state index in [0.717, 1.165) is 49.7 Å². The maximum Gasteiger partial charge on any atom is 0.157 e. The minimum absolute atomic E-state index is 0.482. The van der Waals surface area contributed by atoms with E-state index >= 15 is 0 Å². The molecule has 23 heavy (non-hydrogen) atoms. The van der Waals surface area contributed by atoms with Crippen LogP contribution in [0.5, 0.6) is 0 Å². The predicted octanol–water partition coefficient (Wildman–Crippen LogP) is 2.70. The summed E-state index contributed by atoms with van der Waals surface area (Å²) in [5.74, 6) is 1.26. The number of rotatable bonds is 4. The average molecular weight is 326 g/mol. The van der Waals surface area contributed by atoms with Crippen LogP contribution in [0, 0.1) is 0 Å². The van der Waals surface area contributed by atoms with E-state index in [1.165, 1.54) is 4.88 Å². The first kappa shape index (κ1) is 14.5. The van der Waals surface area contributed by atoms with Crippen molar-refractivity contribution in [3.8, 4) is 11.5 Å². The topological polar surface area (TPSA) is 70.6 Å². The molecule has 0 unspecified atom stereocenters. The zero-order chi connectivity index (χ0) is 15.5. The molecule has 1 aliphatic rings. The van der Waals surface area contributed by atoms with Gasteiger partial charge in [0.25, 0.3) is 0 Å². The lowest BCUT2D eigenvalue weighted by atomic mass is 9.93. The molecule has 0 bridgehead atoms. The number of aromatic amines is 1. The third kappa shape index (κ3) is 3.30. The van der Waals surface area contributed by atoms with E-state index in [4.69, 9.17) is 4.98 Å². The summed E-state index contributed by atoms with van der Waals surface area (Å²) in [7, 11) is 0. The number of H-pyrrole nitrogens is 1. The monoisotopic (exact) mass is 326 g/mol. The van der Waals surface area contributed by atoms with Crippen molar-refractivity contribution in [2.24, 2.45) is 0 Å². The summed E-state index contributed by atoms with van der Waals surface area (Å²) in [5, 5.41) is 0. The van der Waals surface area contributed by atoms with E-state index < -0.39 is 0 Å². The molecule has 0 amide bonds. The van der Waals surface area contributed by atoms with Gasteiger partial charge in [-0.05, 0) is 25.9 Å². The van der Waals surface area contributed by atoms with Crippen LogP contribution in [-0.4, -0.2) is 42.9 Å². The Labute approximate surface area is 138 Å². The van der Waals surface area contributed by atoms with Gasteiger partial charge in [0, 0.05) is 42.1 Å². The van der Waals surface area contributed by atoms with Gasteiger partial charge in [-0.25, -0.2) is 9.97 Å². The third-order valence-corrected chi connectivity index (χ3v) is 5.03. The maximum absolute atomic E-state index is 4.76. The number of thiazole rings is 1. The number of aromatic nitrogens is 5. The number of hydrogen-bond donors (Lipinski definition) is 1. The Balaban J connectivity index is 1.41. The Morgan fingerprint density at radius 1 is 1.17 bits per heavy atom. The molecule has 118 valence electrons. The number of likely N-dealkylation sites (tertiary alicyclic amines) is 1. The standard InChI is InChI=1S/C16H18N6S/c1-5-22(10-13-7-18-11-23-13)6-2-12(1)14-8-17-9-15(21-14)16-19-3-4-20-16/h3-4,7-9,11-12H,1-2,5-6,10H2,(H,19,20). The third-order valence-electron chi connectivity index (χ3n) is 4.26. The van der Waals surface area contributed by atoms with Crippen LogP contribution in [0.3, 0.4) is 0 Å². The van der Waals surface area contributed by atoms with E-state index in [1.807, 2.05) is 24.1 Å². The minimum Gasteiger partial charge on any atom is -0.343 e. The summed E-state index contributed by atoms with van der Waals surface area (Å²) in [6.45, 7) is 3.19. The van der Waals surface area contributed by atoms with Crippen LogP contribution < -0.4 is 0 Å². The molecule has 1 aliphatic heterocycles. The molecule has 1 fully saturated rings. The highest BCUT2D eigenvalue weighted by Gasteiger charge is 2.22. The molecule has 3 aromatic rings. The number of nitrogens with zero attached hydrogens (tertiary/aromatic N) is 5. The molecule has 3 aromatic heterocycles. The summed E-state index contributed by atoms with van der Waals surface area (Å²) >= 11 is 1.73. The molecule has 0 aliphatic carbocycles. The highest BCUT2D eigenvalue weighted by Crippen LogP contribution is 2.28. The summed E-state index contributed by atoms with van der Waals surface area (Å²) in [5.41, 5.74) is 3.80. The zero-order valence-electron chi connectivity index (χ0n) is 12.7. The van der Waals surface area contributed by atoms with Crippen LogP contribution in [0.4, 0.5) is 0 Å². The first-order valence-electron chi connectivity index (χ1n) is 7.80. The fraction of sp³-hybridized carbons (Fsp3) is 0.375. The van der Waals surface area contributed by atoms with Crippen LogP contribution in [0.2, 0.25) is 0 Å². The van der Waals surface area contributed by atoms with Crippen LogP contribution in [0.15, 0.2) is 36.5 Å². The van der Waals surface area contributed by atoms with Crippen LogP contribution in [0.1, 0.15) is 29.3 Å². The van der Waals surface area contributed by atoms with E-state index in [-0.39, 0.29) is 0 Å². The lowest BCUT2D eigenvalue weighted by Gasteiger charge is -2.31. The van der Waals surface area contributed by atoms with Gasteiger partial charge in [0.2, 0.25) is 0 Å². The van der Waals surface area contributed by atoms with Gasteiger partial charge in [-0.15, -0.1) is 11.3 Å². The lowest BCUT2D eigenvalue weighted by molar-refractivity contribution is 0.204. The molecule has 4 rings (SSSR count). The highest BCUT2D eigenvalue weighted by atomic mass is 32.1. The number of hydrogen-bond acceptors (Lipinski definition) is 6. The smallest absolute Gasteiger partial charge is 0.157 e. The van der Waals surface area contributed by atoms with Gasteiger partial charge in [0.1, 0.15) is 5.69 Å². The molecule has 0 spiro atoms. The molecule has 0 saturated carbocycles. The maximum atomic E-state index is 4.76.